The number of carbonyl (C=O) groups is 1. The molecule has 0 saturated carbocycles. The second-order valence-corrected chi connectivity index (χ2v) is 10.5. The van der Waals surface area contributed by atoms with Crippen molar-refractivity contribution in [3.05, 3.63) is 54.6 Å². The number of amidine groups is 1. The van der Waals surface area contributed by atoms with E-state index in [1.165, 1.54) is 11.8 Å². The molecule has 0 aromatic heterocycles. The highest BCUT2D eigenvalue weighted by Crippen LogP contribution is 2.43. The van der Waals surface area contributed by atoms with Crippen LogP contribution in [0.25, 0.3) is 0 Å². The van der Waals surface area contributed by atoms with Crippen molar-refractivity contribution in [2.45, 2.75) is 24.3 Å². The van der Waals surface area contributed by atoms with Gasteiger partial charge in [-0.15, -0.1) is 0 Å². The first-order valence-electron chi connectivity index (χ1n) is 9.51. The number of nitrogens with zero attached hydrogens (tertiary/aromatic N) is 2. The minimum atomic E-state index is -3.14. The third-order valence-electron chi connectivity index (χ3n) is 5.02. The largest absolute Gasteiger partial charge is 0.495 e. The van der Waals surface area contributed by atoms with E-state index in [0.717, 1.165) is 0 Å². The molecule has 0 radical (unpaired) electrons. The van der Waals surface area contributed by atoms with Crippen LogP contribution in [-0.4, -0.2) is 55.5 Å². The molecule has 2 aromatic carbocycles. The van der Waals surface area contributed by atoms with Gasteiger partial charge < -0.3 is 14.4 Å². The topological polar surface area (TPSA) is 85.3 Å². The molecule has 7 nitrogen and oxygen atoms in total. The lowest BCUT2D eigenvalue weighted by Gasteiger charge is -2.26. The van der Waals surface area contributed by atoms with Crippen LogP contribution in [0.5, 0.6) is 11.5 Å². The molecular formula is C21H22N2O5S2. The van der Waals surface area contributed by atoms with Crippen molar-refractivity contribution in [1.82, 2.24) is 0 Å². The van der Waals surface area contributed by atoms with E-state index in [2.05, 4.69) is 4.99 Å². The Labute approximate surface area is 180 Å². The zero-order valence-corrected chi connectivity index (χ0v) is 18.2. The minimum Gasteiger partial charge on any atom is -0.495 e. The van der Waals surface area contributed by atoms with Gasteiger partial charge in [0.2, 0.25) is 0 Å². The van der Waals surface area contributed by atoms with E-state index in [1.807, 2.05) is 41.3 Å². The molecule has 2 aliphatic rings. The van der Waals surface area contributed by atoms with Gasteiger partial charge in [-0.1, -0.05) is 42.1 Å². The van der Waals surface area contributed by atoms with Gasteiger partial charge in [0.15, 0.2) is 21.1 Å². The zero-order chi connectivity index (χ0) is 21.3. The molecule has 3 atom stereocenters. The van der Waals surface area contributed by atoms with Crippen molar-refractivity contribution in [1.29, 1.82) is 0 Å². The van der Waals surface area contributed by atoms with Crippen LogP contribution < -0.4 is 14.4 Å². The summed E-state index contributed by atoms with van der Waals surface area (Å²) >= 11 is 1.32. The van der Waals surface area contributed by atoms with E-state index < -0.39 is 21.8 Å². The van der Waals surface area contributed by atoms with Crippen LogP contribution in [-0.2, 0) is 14.6 Å². The number of fused-ring (bicyclic) bond motifs is 1. The fraction of sp³-hybridized carbons (Fsp3) is 0.333. The highest BCUT2D eigenvalue weighted by atomic mass is 32.2. The van der Waals surface area contributed by atoms with Crippen LogP contribution in [0.1, 0.15) is 6.92 Å². The minimum absolute atomic E-state index is 0.0198. The molecule has 0 aliphatic carbocycles. The number of amides is 1. The van der Waals surface area contributed by atoms with Gasteiger partial charge in [-0.3, -0.25) is 4.79 Å². The van der Waals surface area contributed by atoms with Crippen LogP contribution in [0.3, 0.4) is 0 Å². The van der Waals surface area contributed by atoms with E-state index in [9.17, 15) is 13.2 Å². The van der Waals surface area contributed by atoms with Crippen LogP contribution in [0.15, 0.2) is 59.6 Å². The fourth-order valence-corrected chi connectivity index (χ4v) is 7.53. The summed E-state index contributed by atoms with van der Waals surface area (Å²) in [6.45, 7) is 1.65. The second kappa shape index (κ2) is 8.31. The molecule has 2 heterocycles. The van der Waals surface area contributed by atoms with Gasteiger partial charge in [-0.05, 0) is 31.2 Å². The first-order chi connectivity index (χ1) is 14.4. The van der Waals surface area contributed by atoms with Crippen molar-refractivity contribution in [3.8, 4) is 11.5 Å². The molecule has 2 aliphatic heterocycles. The number of hydrogen-bond donors (Lipinski definition) is 0. The van der Waals surface area contributed by atoms with Gasteiger partial charge >= 0.3 is 0 Å². The van der Waals surface area contributed by atoms with Gasteiger partial charge in [0.05, 0.1) is 30.3 Å². The molecule has 0 unspecified atom stereocenters. The number of hydrogen-bond acceptors (Lipinski definition) is 6. The molecule has 0 N–H and O–H groups in total. The van der Waals surface area contributed by atoms with Crippen molar-refractivity contribution < 1.29 is 22.7 Å². The number of ether oxygens (including phenoxy) is 2. The lowest BCUT2D eigenvalue weighted by Crippen LogP contribution is -2.38. The SMILES string of the molecule is COc1ccccc1N1C(=NC(=O)[C@@H](C)Oc2ccccc2)S[C@H]2CS(=O)(=O)C[C@@H]21. The smallest absolute Gasteiger partial charge is 0.288 e. The number of sulfone groups is 1. The van der Waals surface area contributed by atoms with Gasteiger partial charge in [0, 0.05) is 5.25 Å². The van der Waals surface area contributed by atoms with Gasteiger partial charge in [0.25, 0.3) is 5.91 Å². The quantitative estimate of drug-likeness (QED) is 0.698. The first-order valence-corrected chi connectivity index (χ1v) is 12.2. The standard InChI is InChI=1S/C21H22N2O5S2/c1-14(28-15-8-4-3-5-9-15)20(24)22-21-23(16-10-6-7-11-18(16)27-2)17-12-30(25,26)13-19(17)29-21/h3-11,14,17,19H,12-13H2,1-2H3/t14-,17+,19+/m1/s1. The predicted molar refractivity (Wildman–Crippen MR) is 118 cm³/mol. The van der Waals surface area contributed by atoms with Crippen LogP contribution in [0.2, 0.25) is 0 Å². The molecule has 158 valence electrons. The summed E-state index contributed by atoms with van der Waals surface area (Å²) in [7, 11) is -1.58. The van der Waals surface area contributed by atoms with Gasteiger partial charge in [-0.2, -0.15) is 4.99 Å². The molecule has 2 saturated heterocycles. The summed E-state index contributed by atoms with van der Waals surface area (Å²) in [5.74, 6) is 0.839. The fourth-order valence-electron chi connectivity index (χ4n) is 3.61. The van der Waals surface area contributed by atoms with E-state index >= 15 is 0 Å². The van der Waals surface area contributed by atoms with Crippen molar-refractivity contribution >= 4 is 38.4 Å². The zero-order valence-electron chi connectivity index (χ0n) is 16.6. The summed E-state index contributed by atoms with van der Waals surface area (Å²) in [6, 6.07) is 16.1. The number of thioether (sulfide) groups is 1. The third-order valence-corrected chi connectivity index (χ3v) is 8.23. The first kappa shape index (κ1) is 20.7. The Morgan fingerprint density at radius 3 is 2.57 bits per heavy atom. The molecule has 30 heavy (non-hydrogen) atoms. The molecule has 2 fully saturated rings. The summed E-state index contributed by atoms with van der Waals surface area (Å²) in [5.41, 5.74) is 0.695. The average molecular weight is 447 g/mol. The maximum Gasteiger partial charge on any atom is 0.288 e. The van der Waals surface area contributed by atoms with E-state index in [-0.39, 0.29) is 22.8 Å². The lowest BCUT2D eigenvalue weighted by atomic mass is 10.2. The Bertz CT molecular complexity index is 1070. The monoisotopic (exact) mass is 446 g/mol. The molecule has 4 rings (SSSR count). The van der Waals surface area contributed by atoms with E-state index in [1.54, 1.807) is 32.2 Å². The number of anilines is 1. The molecular weight excluding hydrogens is 424 g/mol. The second-order valence-electron chi connectivity index (χ2n) is 7.15. The highest BCUT2D eigenvalue weighted by Gasteiger charge is 2.50. The predicted octanol–water partition coefficient (Wildman–Crippen LogP) is 2.76. The maximum atomic E-state index is 12.8. The molecule has 9 heteroatoms. The van der Waals surface area contributed by atoms with Crippen LogP contribution >= 0.6 is 11.8 Å². The van der Waals surface area contributed by atoms with Crippen molar-refractivity contribution in [2.24, 2.45) is 4.99 Å². The molecule has 2 aromatic rings. The van der Waals surface area contributed by atoms with Crippen LogP contribution in [0, 0.1) is 0 Å². The lowest BCUT2D eigenvalue weighted by molar-refractivity contribution is -0.123. The molecule has 0 spiro atoms. The van der Waals surface area contributed by atoms with Gasteiger partial charge in [-0.25, -0.2) is 8.42 Å². The van der Waals surface area contributed by atoms with Crippen molar-refractivity contribution in [3.63, 3.8) is 0 Å². The Kier molecular flexibility index (Phi) is 5.75. The Morgan fingerprint density at radius 2 is 1.83 bits per heavy atom. The van der Waals surface area contributed by atoms with E-state index in [0.29, 0.717) is 22.4 Å². The molecule has 1 amide bonds. The summed E-state index contributed by atoms with van der Waals surface area (Å²) in [4.78, 5) is 18.9. The highest BCUT2D eigenvalue weighted by molar-refractivity contribution is 8.16. The number of aliphatic imine (C=N–C) groups is 1. The number of rotatable bonds is 5. The normalized spacial score (nSPS) is 24.5. The Balaban J connectivity index is 1.64. The summed E-state index contributed by atoms with van der Waals surface area (Å²) in [6.07, 6.45) is -0.774. The number of carbonyl (C=O) groups excluding carboxylic acids is 1. The summed E-state index contributed by atoms with van der Waals surface area (Å²) < 4.78 is 35.6. The summed E-state index contributed by atoms with van der Waals surface area (Å²) in [5, 5.41) is 0.287. The Hall–Kier alpha value is -2.52. The third kappa shape index (κ3) is 4.17. The van der Waals surface area contributed by atoms with Gasteiger partial charge in [0.1, 0.15) is 11.5 Å². The average Bonchev–Trinajstić information content (AvgIpc) is 3.19. The molecule has 0 bridgehead atoms. The number of benzene rings is 2. The van der Waals surface area contributed by atoms with Crippen LogP contribution in [0.4, 0.5) is 5.69 Å². The van der Waals surface area contributed by atoms with Crippen molar-refractivity contribution in [2.75, 3.05) is 23.5 Å². The number of methoxy groups -OCH3 is 1. The Morgan fingerprint density at radius 1 is 1.13 bits per heavy atom. The van der Waals surface area contributed by atoms with E-state index in [4.69, 9.17) is 9.47 Å². The number of para-hydroxylation sites is 3. The maximum absolute atomic E-state index is 12.8.